The first-order valence-electron chi connectivity index (χ1n) is 12.3. The van der Waals surface area contributed by atoms with Gasteiger partial charge in [-0.3, -0.25) is 0 Å². The van der Waals surface area contributed by atoms with Crippen LogP contribution in [0.2, 0.25) is 0 Å². The van der Waals surface area contributed by atoms with Gasteiger partial charge < -0.3 is 4.40 Å². The van der Waals surface area contributed by atoms with E-state index in [9.17, 15) is 0 Å². The van der Waals surface area contributed by atoms with Crippen LogP contribution in [-0.4, -0.2) is 9.38 Å². The van der Waals surface area contributed by atoms with Crippen LogP contribution in [0.5, 0.6) is 0 Å². The minimum absolute atomic E-state index is 0.969. The van der Waals surface area contributed by atoms with Crippen molar-refractivity contribution >= 4 is 39.3 Å². The quantitative estimate of drug-likeness (QED) is 0.246. The second-order valence-corrected chi connectivity index (χ2v) is 9.60. The molecule has 2 aliphatic rings. The summed E-state index contributed by atoms with van der Waals surface area (Å²) < 4.78 is 2.07. The summed E-state index contributed by atoms with van der Waals surface area (Å²) in [6, 6.07) is 26.5. The number of fused-ring (bicyclic) bond motifs is 3. The summed E-state index contributed by atoms with van der Waals surface area (Å²) in [5, 5.41) is 5.63. The Hall–Kier alpha value is -4.43. The number of rotatable bonds is 2. The largest absolute Gasteiger partial charge is 0.306 e. The molecular formula is C33H22N2. The Morgan fingerprint density at radius 3 is 2.23 bits per heavy atom. The minimum atomic E-state index is 0.969. The number of benzene rings is 4. The van der Waals surface area contributed by atoms with Gasteiger partial charge in [0.2, 0.25) is 0 Å². The lowest BCUT2D eigenvalue weighted by atomic mass is 9.80. The first-order chi connectivity index (χ1) is 17.3. The van der Waals surface area contributed by atoms with Crippen LogP contribution in [0.4, 0.5) is 0 Å². The third-order valence-electron chi connectivity index (χ3n) is 7.64. The summed E-state index contributed by atoms with van der Waals surface area (Å²) in [5.41, 5.74) is 11.3. The summed E-state index contributed by atoms with van der Waals surface area (Å²) in [6.45, 7) is 0. The maximum atomic E-state index is 4.78. The standard InChI is InChI=1S/C33H22N2/c1-2-17-35-20-30(34-31(35)12-1)22-15-13-21(14-16-22)25-18-24-8-5-10-27-26-9-3-6-23-7-4-11-28(32(23)26)29(19-25)33(24)27/h1-8,11-20H,9-10H2. The summed E-state index contributed by atoms with van der Waals surface area (Å²) >= 11 is 0. The van der Waals surface area contributed by atoms with Crippen molar-refractivity contribution in [3.63, 3.8) is 0 Å². The van der Waals surface area contributed by atoms with Crippen molar-refractivity contribution in [2.75, 3.05) is 0 Å². The zero-order valence-electron chi connectivity index (χ0n) is 19.2. The first kappa shape index (κ1) is 18.9. The van der Waals surface area contributed by atoms with Crippen molar-refractivity contribution in [2.45, 2.75) is 12.8 Å². The molecular weight excluding hydrogens is 424 g/mol. The van der Waals surface area contributed by atoms with E-state index in [1.807, 2.05) is 24.4 Å². The van der Waals surface area contributed by atoms with Gasteiger partial charge in [0.1, 0.15) is 5.65 Å². The summed E-state index contributed by atoms with van der Waals surface area (Å²) in [5.74, 6) is 0. The highest BCUT2D eigenvalue weighted by Gasteiger charge is 2.21. The van der Waals surface area contributed by atoms with Crippen LogP contribution >= 0.6 is 0 Å². The molecule has 0 unspecified atom stereocenters. The molecule has 0 aliphatic heterocycles. The predicted molar refractivity (Wildman–Crippen MR) is 147 cm³/mol. The average molecular weight is 447 g/mol. The molecule has 0 N–H and O–H groups in total. The SMILES string of the molecule is C1=Cc2cccc3c2c(c2c4c(cc(-c5ccc(-c6cn7ccccc7n6)cc5)cc43)C=CC2)C1. The first-order valence-corrected chi connectivity index (χ1v) is 12.3. The van der Waals surface area contributed by atoms with E-state index in [2.05, 4.69) is 89.5 Å². The van der Waals surface area contributed by atoms with Crippen LogP contribution in [0.15, 0.2) is 97.3 Å². The lowest BCUT2D eigenvalue weighted by molar-refractivity contribution is 1.18. The number of allylic oxidation sites excluding steroid dienone is 2. The van der Waals surface area contributed by atoms with Crippen LogP contribution < -0.4 is 0 Å². The van der Waals surface area contributed by atoms with E-state index in [1.165, 1.54) is 54.9 Å². The van der Waals surface area contributed by atoms with E-state index < -0.39 is 0 Å². The highest BCUT2D eigenvalue weighted by atomic mass is 15.0. The molecule has 0 saturated heterocycles. The summed E-state index contributed by atoms with van der Waals surface area (Å²) in [4.78, 5) is 4.78. The van der Waals surface area contributed by atoms with E-state index in [4.69, 9.17) is 4.98 Å². The molecule has 164 valence electrons. The fourth-order valence-electron chi connectivity index (χ4n) is 6.05. The minimum Gasteiger partial charge on any atom is -0.306 e. The van der Waals surface area contributed by atoms with Crippen molar-refractivity contribution < 1.29 is 0 Å². The molecule has 2 heteroatoms. The Kier molecular flexibility index (Phi) is 3.81. The molecule has 0 radical (unpaired) electrons. The average Bonchev–Trinajstić information content (AvgIpc) is 3.36. The van der Waals surface area contributed by atoms with Crippen LogP contribution in [0.3, 0.4) is 0 Å². The van der Waals surface area contributed by atoms with Gasteiger partial charge in [0.05, 0.1) is 5.69 Å². The fraction of sp³-hybridized carbons (Fsp3) is 0.0606. The molecule has 2 nitrogen and oxygen atoms in total. The van der Waals surface area contributed by atoms with E-state index >= 15 is 0 Å². The molecule has 2 aliphatic carbocycles. The van der Waals surface area contributed by atoms with Crippen molar-refractivity contribution in [2.24, 2.45) is 0 Å². The van der Waals surface area contributed by atoms with Crippen LogP contribution in [-0.2, 0) is 12.8 Å². The van der Waals surface area contributed by atoms with E-state index in [0.29, 0.717) is 0 Å². The molecule has 35 heavy (non-hydrogen) atoms. The number of aromatic nitrogens is 2. The second-order valence-electron chi connectivity index (χ2n) is 9.60. The third-order valence-corrected chi connectivity index (χ3v) is 7.64. The van der Waals surface area contributed by atoms with E-state index in [-0.39, 0.29) is 0 Å². The zero-order chi connectivity index (χ0) is 22.9. The van der Waals surface area contributed by atoms with Crippen molar-refractivity contribution in [3.05, 3.63) is 120 Å². The number of hydrogen-bond acceptors (Lipinski definition) is 1. The van der Waals surface area contributed by atoms with E-state index in [0.717, 1.165) is 29.7 Å². The molecule has 0 bridgehead atoms. The van der Waals surface area contributed by atoms with Gasteiger partial charge >= 0.3 is 0 Å². The Labute approximate surface area is 203 Å². The molecule has 4 aromatic carbocycles. The Balaban J connectivity index is 1.32. The van der Waals surface area contributed by atoms with Crippen molar-refractivity contribution in [1.29, 1.82) is 0 Å². The fourth-order valence-corrected chi connectivity index (χ4v) is 6.05. The molecule has 0 atom stereocenters. The Morgan fingerprint density at radius 1 is 0.629 bits per heavy atom. The normalized spacial score (nSPS) is 13.8. The summed E-state index contributed by atoms with van der Waals surface area (Å²) in [6.07, 6.45) is 15.4. The smallest absolute Gasteiger partial charge is 0.137 e. The van der Waals surface area contributed by atoms with Gasteiger partial charge in [-0.2, -0.15) is 0 Å². The predicted octanol–water partition coefficient (Wildman–Crippen LogP) is 8.11. The molecule has 8 rings (SSSR count). The van der Waals surface area contributed by atoms with Gasteiger partial charge in [-0.25, -0.2) is 4.98 Å². The van der Waals surface area contributed by atoms with Crippen LogP contribution in [0, 0.1) is 0 Å². The molecule has 0 saturated carbocycles. The van der Waals surface area contributed by atoms with Gasteiger partial charge in [0.25, 0.3) is 0 Å². The molecule has 6 aromatic rings. The topological polar surface area (TPSA) is 17.3 Å². The number of hydrogen-bond donors (Lipinski definition) is 0. The summed E-state index contributed by atoms with van der Waals surface area (Å²) in [7, 11) is 0. The monoisotopic (exact) mass is 446 g/mol. The van der Waals surface area contributed by atoms with Crippen LogP contribution in [0.25, 0.3) is 61.7 Å². The second kappa shape index (κ2) is 7.04. The lowest BCUT2D eigenvalue weighted by Crippen LogP contribution is -2.04. The van der Waals surface area contributed by atoms with Gasteiger partial charge in [-0.15, -0.1) is 0 Å². The van der Waals surface area contributed by atoms with Crippen molar-refractivity contribution in [1.82, 2.24) is 9.38 Å². The maximum absolute atomic E-state index is 4.78. The number of pyridine rings is 1. The molecule has 0 spiro atoms. The van der Waals surface area contributed by atoms with Crippen molar-refractivity contribution in [3.8, 4) is 22.4 Å². The lowest BCUT2D eigenvalue weighted by Gasteiger charge is -2.24. The maximum Gasteiger partial charge on any atom is 0.137 e. The highest BCUT2D eigenvalue weighted by Crippen LogP contribution is 2.43. The number of imidazole rings is 1. The molecule has 2 aromatic heterocycles. The third kappa shape index (κ3) is 2.74. The van der Waals surface area contributed by atoms with Gasteiger partial charge in [-0.1, -0.05) is 72.8 Å². The van der Waals surface area contributed by atoms with Gasteiger partial charge in [-0.05, 0) is 92.0 Å². The van der Waals surface area contributed by atoms with Gasteiger partial charge in [0.15, 0.2) is 0 Å². The highest BCUT2D eigenvalue weighted by molar-refractivity contribution is 6.17. The Morgan fingerprint density at radius 2 is 1.40 bits per heavy atom. The van der Waals surface area contributed by atoms with E-state index in [1.54, 1.807) is 0 Å². The number of nitrogens with zero attached hydrogens (tertiary/aromatic N) is 2. The van der Waals surface area contributed by atoms with Gasteiger partial charge in [0, 0.05) is 18.0 Å². The zero-order valence-corrected chi connectivity index (χ0v) is 19.2. The Bertz CT molecular complexity index is 1850. The molecule has 0 amide bonds. The van der Waals surface area contributed by atoms with Crippen LogP contribution in [0.1, 0.15) is 22.3 Å². The molecule has 0 fully saturated rings. The molecule has 2 heterocycles.